The summed E-state index contributed by atoms with van der Waals surface area (Å²) in [6.07, 6.45) is -4.14. The molecule has 154 valence electrons. The van der Waals surface area contributed by atoms with Crippen LogP contribution in [0.3, 0.4) is 0 Å². The van der Waals surface area contributed by atoms with Gasteiger partial charge in [-0.3, -0.25) is 0 Å². The van der Waals surface area contributed by atoms with Crippen LogP contribution in [0.15, 0.2) is 58.3 Å². The molecular formula is C18H22O8S2. The van der Waals surface area contributed by atoms with Crippen molar-refractivity contribution in [3.8, 4) is 0 Å². The predicted octanol–water partition coefficient (Wildman–Crippen LogP) is 0.523. The van der Waals surface area contributed by atoms with Gasteiger partial charge in [-0.25, -0.2) is 12.6 Å². The molecule has 0 bridgehead atoms. The molecule has 8 nitrogen and oxygen atoms in total. The van der Waals surface area contributed by atoms with Gasteiger partial charge in [0.2, 0.25) is 15.3 Å². The van der Waals surface area contributed by atoms with Crippen LogP contribution in [0.5, 0.6) is 0 Å². The first kappa shape index (κ1) is 22.5. The average Bonchev–Trinajstić information content (AvgIpc) is 2.65. The monoisotopic (exact) mass is 430 g/mol. The summed E-state index contributed by atoms with van der Waals surface area (Å²) in [4.78, 5) is -0.612. The SMILES string of the molecule is Cc1ccc(S(=O)(=O)OC([C@@H](O)[C@H](O)CO)S(=O)(=O)c2ccc(C)cc2)cc1. The molecule has 0 aliphatic carbocycles. The summed E-state index contributed by atoms with van der Waals surface area (Å²) in [6.45, 7) is 2.48. The van der Waals surface area contributed by atoms with Crippen LogP contribution in [0.2, 0.25) is 0 Å². The summed E-state index contributed by atoms with van der Waals surface area (Å²) in [5.74, 6) is 0. The van der Waals surface area contributed by atoms with E-state index >= 15 is 0 Å². The van der Waals surface area contributed by atoms with E-state index in [0.29, 0.717) is 0 Å². The third-order valence-corrected chi connectivity index (χ3v) is 7.39. The van der Waals surface area contributed by atoms with E-state index in [-0.39, 0.29) is 9.79 Å². The zero-order valence-corrected chi connectivity index (χ0v) is 16.9. The molecule has 0 heterocycles. The summed E-state index contributed by atoms with van der Waals surface area (Å²) >= 11 is 0. The molecule has 0 aliphatic heterocycles. The van der Waals surface area contributed by atoms with E-state index in [1.54, 1.807) is 13.8 Å². The molecule has 3 N–H and O–H groups in total. The Bertz CT molecular complexity index is 997. The van der Waals surface area contributed by atoms with Gasteiger partial charge in [0.05, 0.1) is 16.4 Å². The van der Waals surface area contributed by atoms with Crippen molar-refractivity contribution < 1.29 is 36.3 Å². The van der Waals surface area contributed by atoms with Crippen LogP contribution in [0, 0.1) is 13.8 Å². The molecule has 0 spiro atoms. The summed E-state index contributed by atoms with van der Waals surface area (Å²) in [5.41, 5.74) is -0.818. The van der Waals surface area contributed by atoms with Crippen LogP contribution in [0.25, 0.3) is 0 Å². The molecule has 0 saturated carbocycles. The summed E-state index contributed by atoms with van der Waals surface area (Å²) in [6, 6.07) is 10.9. The van der Waals surface area contributed by atoms with Crippen LogP contribution < -0.4 is 0 Å². The van der Waals surface area contributed by atoms with Crippen LogP contribution in [0.1, 0.15) is 11.1 Å². The Balaban J connectivity index is 2.50. The van der Waals surface area contributed by atoms with E-state index in [9.17, 15) is 27.0 Å². The second-order valence-corrected chi connectivity index (χ2v) is 9.93. The van der Waals surface area contributed by atoms with E-state index in [4.69, 9.17) is 9.29 Å². The Kier molecular flexibility index (Phi) is 6.97. The van der Waals surface area contributed by atoms with E-state index < -0.39 is 44.2 Å². The molecule has 2 aromatic carbocycles. The number of benzene rings is 2. The topological polar surface area (TPSA) is 138 Å². The van der Waals surface area contributed by atoms with Crippen LogP contribution in [0.4, 0.5) is 0 Å². The lowest BCUT2D eigenvalue weighted by molar-refractivity contribution is -0.0442. The molecule has 28 heavy (non-hydrogen) atoms. The third-order valence-electron chi connectivity index (χ3n) is 4.05. The normalized spacial score (nSPS) is 15.8. The molecule has 0 aliphatic rings. The first-order chi connectivity index (χ1) is 13.0. The standard InChI is InChI=1S/C18H22O8S2/c1-12-3-7-14(8-4-12)27(22,23)18(17(21)16(20)11-19)26-28(24,25)15-9-5-13(2)6-10-15/h3-10,16-21H,11H2,1-2H3/t16-,17+,18?/m1/s1. The second kappa shape index (κ2) is 8.68. The molecule has 0 saturated heterocycles. The van der Waals surface area contributed by atoms with Crippen LogP contribution in [-0.4, -0.2) is 56.4 Å². The first-order valence-electron chi connectivity index (χ1n) is 8.26. The fourth-order valence-corrected chi connectivity index (χ4v) is 5.33. The van der Waals surface area contributed by atoms with Crippen molar-refractivity contribution in [2.75, 3.05) is 6.61 Å². The average molecular weight is 431 g/mol. The van der Waals surface area contributed by atoms with Gasteiger partial charge in [0.1, 0.15) is 12.2 Å². The number of sulfone groups is 1. The van der Waals surface area contributed by atoms with Gasteiger partial charge in [-0.2, -0.15) is 8.42 Å². The zero-order chi connectivity index (χ0) is 21.1. The Morgan fingerprint density at radius 2 is 1.25 bits per heavy atom. The number of hydrogen-bond acceptors (Lipinski definition) is 8. The van der Waals surface area contributed by atoms with Crippen molar-refractivity contribution in [3.63, 3.8) is 0 Å². The lowest BCUT2D eigenvalue weighted by atomic mass is 10.2. The molecule has 0 aromatic heterocycles. The molecule has 0 amide bonds. The maximum atomic E-state index is 12.9. The summed E-state index contributed by atoms with van der Waals surface area (Å²) < 4.78 is 55.8. The van der Waals surface area contributed by atoms with Gasteiger partial charge in [0.25, 0.3) is 10.1 Å². The second-order valence-electron chi connectivity index (χ2n) is 6.33. The minimum Gasteiger partial charge on any atom is -0.394 e. The lowest BCUT2D eigenvalue weighted by Gasteiger charge is -2.25. The van der Waals surface area contributed by atoms with Crippen molar-refractivity contribution in [3.05, 3.63) is 59.7 Å². The third kappa shape index (κ3) is 4.96. The maximum absolute atomic E-state index is 12.9. The number of hydrogen-bond donors (Lipinski definition) is 3. The van der Waals surface area contributed by atoms with E-state index in [1.807, 2.05) is 0 Å². The predicted molar refractivity (Wildman–Crippen MR) is 101 cm³/mol. The highest BCUT2D eigenvalue weighted by molar-refractivity contribution is 7.93. The van der Waals surface area contributed by atoms with Gasteiger partial charge < -0.3 is 15.3 Å². The number of aliphatic hydroxyl groups is 3. The smallest absolute Gasteiger partial charge is 0.298 e. The highest BCUT2D eigenvalue weighted by Gasteiger charge is 2.42. The van der Waals surface area contributed by atoms with Crippen LogP contribution >= 0.6 is 0 Å². The minimum absolute atomic E-state index is 0.300. The van der Waals surface area contributed by atoms with E-state index in [0.717, 1.165) is 11.1 Å². The Hall–Kier alpha value is -1.82. The van der Waals surface area contributed by atoms with Crippen molar-refractivity contribution in [2.24, 2.45) is 0 Å². The molecule has 3 atom stereocenters. The molecule has 2 aromatic rings. The fourth-order valence-electron chi connectivity index (χ4n) is 2.33. The maximum Gasteiger partial charge on any atom is 0.298 e. The molecule has 2 rings (SSSR count). The quantitative estimate of drug-likeness (QED) is 0.516. The van der Waals surface area contributed by atoms with Crippen molar-refractivity contribution in [2.45, 2.75) is 41.3 Å². The molecule has 0 fully saturated rings. The van der Waals surface area contributed by atoms with E-state index in [2.05, 4.69) is 0 Å². The van der Waals surface area contributed by atoms with Gasteiger partial charge in [-0.05, 0) is 38.1 Å². The lowest BCUT2D eigenvalue weighted by Crippen LogP contribution is -2.46. The fraction of sp³-hybridized carbons (Fsp3) is 0.333. The van der Waals surface area contributed by atoms with Crippen molar-refractivity contribution in [1.29, 1.82) is 0 Å². The van der Waals surface area contributed by atoms with Gasteiger partial charge in [-0.15, -0.1) is 0 Å². The molecule has 1 unspecified atom stereocenters. The van der Waals surface area contributed by atoms with Crippen LogP contribution in [-0.2, 0) is 24.1 Å². The Morgan fingerprint density at radius 3 is 1.68 bits per heavy atom. The molecule has 0 radical (unpaired) electrons. The van der Waals surface area contributed by atoms with Gasteiger partial charge >= 0.3 is 0 Å². The largest absolute Gasteiger partial charge is 0.394 e. The van der Waals surface area contributed by atoms with Gasteiger partial charge in [0.15, 0.2) is 0 Å². The van der Waals surface area contributed by atoms with E-state index in [1.165, 1.54) is 48.5 Å². The van der Waals surface area contributed by atoms with Gasteiger partial charge in [0, 0.05) is 0 Å². The van der Waals surface area contributed by atoms with Gasteiger partial charge in [-0.1, -0.05) is 35.4 Å². The first-order valence-corrected chi connectivity index (χ1v) is 11.2. The molecule has 10 heteroatoms. The van der Waals surface area contributed by atoms with Crippen molar-refractivity contribution in [1.82, 2.24) is 0 Å². The van der Waals surface area contributed by atoms with Crippen molar-refractivity contribution >= 4 is 20.0 Å². The highest BCUT2D eigenvalue weighted by Crippen LogP contribution is 2.26. The number of aryl methyl sites for hydroxylation is 2. The Labute approximate surface area is 164 Å². The Morgan fingerprint density at radius 1 is 0.821 bits per heavy atom. The molecular weight excluding hydrogens is 408 g/mol. The minimum atomic E-state index is -4.59. The number of aliphatic hydroxyl groups excluding tert-OH is 3. The number of rotatable bonds is 8. The summed E-state index contributed by atoms with van der Waals surface area (Å²) in [5, 5.41) is 29.0. The highest BCUT2D eigenvalue weighted by atomic mass is 32.2. The summed E-state index contributed by atoms with van der Waals surface area (Å²) in [7, 11) is -9.14. The zero-order valence-electron chi connectivity index (χ0n) is 15.3.